The lowest BCUT2D eigenvalue weighted by Gasteiger charge is -2.40. The van der Waals surface area contributed by atoms with Crippen LogP contribution in [-0.2, 0) is 9.59 Å². The third kappa shape index (κ3) is 2.25. The zero-order valence-electron chi connectivity index (χ0n) is 10.9. The molecule has 0 aromatic heterocycles. The van der Waals surface area contributed by atoms with Crippen LogP contribution in [0.25, 0.3) is 0 Å². The smallest absolute Gasteiger partial charge is 0.243 e. The van der Waals surface area contributed by atoms with Gasteiger partial charge in [-0.3, -0.25) is 9.59 Å². The van der Waals surface area contributed by atoms with E-state index in [1.807, 2.05) is 4.90 Å². The lowest BCUT2D eigenvalue weighted by molar-refractivity contribution is -0.149. The van der Waals surface area contributed by atoms with Gasteiger partial charge in [-0.15, -0.1) is 0 Å². The average molecular weight is 250 g/mol. The Morgan fingerprint density at radius 3 is 2.22 bits per heavy atom. The summed E-state index contributed by atoms with van der Waals surface area (Å²) in [4.78, 5) is 26.2. The lowest BCUT2D eigenvalue weighted by atomic mass is 9.99. The Morgan fingerprint density at radius 2 is 1.61 bits per heavy atom. The zero-order valence-corrected chi connectivity index (χ0v) is 10.9. The van der Waals surface area contributed by atoms with Gasteiger partial charge < -0.3 is 10.2 Å². The summed E-state index contributed by atoms with van der Waals surface area (Å²) in [6.45, 7) is 0.207. The van der Waals surface area contributed by atoms with Crippen LogP contribution < -0.4 is 5.32 Å². The molecule has 3 rings (SSSR count). The maximum atomic E-state index is 12.2. The fraction of sp³-hybridized carbons (Fsp3) is 0.857. The minimum atomic E-state index is -0.158. The Hall–Kier alpha value is -1.06. The van der Waals surface area contributed by atoms with Crippen LogP contribution in [0.4, 0.5) is 0 Å². The number of nitrogens with one attached hydrogen (secondary N) is 1. The molecule has 18 heavy (non-hydrogen) atoms. The van der Waals surface area contributed by atoms with E-state index in [1.54, 1.807) is 0 Å². The van der Waals surface area contributed by atoms with E-state index >= 15 is 0 Å². The van der Waals surface area contributed by atoms with E-state index in [0.29, 0.717) is 12.0 Å². The molecule has 2 saturated carbocycles. The molecule has 0 aromatic carbocycles. The van der Waals surface area contributed by atoms with Gasteiger partial charge in [0, 0.05) is 6.04 Å². The summed E-state index contributed by atoms with van der Waals surface area (Å²) in [5.41, 5.74) is 0. The molecule has 0 spiro atoms. The van der Waals surface area contributed by atoms with Crippen molar-refractivity contribution >= 4 is 11.8 Å². The second kappa shape index (κ2) is 4.90. The van der Waals surface area contributed by atoms with Gasteiger partial charge in [0.05, 0.1) is 6.54 Å². The number of carbonyl (C=O) groups is 2. The maximum absolute atomic E-state index is 12.2. The first-order chi connectivity index (χ1) is 8.77. The van der Waals surface area contributed by atoms with Gasteiger partial charge >= 0.3 is 0 Å². The molecule has 100 valence electrons. The van der Waals surface area contributed by atoms with Crippen LogP contribution in [0.3, 0.4) is 0 Å². The highest BCUT2D eigenvalue weighted by atomic mass is 16.2. The van der Waals surface area contributed by atoms with Crippen LogP contribution in [0.2, 0.25) is 0 Å². The maximum Gasteiger partial charge on any atom is 0.243 e. The highest BCUT2D eigenvalue weighted by Crippen LogP contribution is 2.38. The highest BCUT2D eigenvalue weighted by Gasteiger charge is 2.46. The van der Waals surface area contributed by atoms with Crippen molar-refractivity contribution in [2.24, 2.45) is 5.92 Å². The van der Waals surface area contributed by atoms with E-state index in [-0.39, 0.29) is 24.4 Å². The average Bonchev–Trinajstić information content (AvgIpc) is 3.17. The van der Waals surface area contributed by atoms with Gasteiger partial charge in [0.1, 0.15) is 6.04 Å². The first-order valence-corrected chi connectivity index (χ1v) is 7.36. The Bertz CT molecular complexity index is 344. The molecule has 1 N–H and O–H groups in total. The quantitative estimate of drug-likeness (QED) is 0.754. The summed E-state index contributed by atoms with van der Waals surface area (Å²) in [5.74, 6) is 0.650. The summed E-state index contributed by atoms with van der Waals surface area (Å²) in [6, 6.07) is 0.158. The van der Waals surface area contributed by atoms with E-state index in [4.69, 9.17) is 0 Å². The Labute approximate surface area is 108 Å². The van der Waals surface area contributed by atoms with E-state index in [1.165, 1.54) is 25.7 Å². The van der Waals surface area contributed by atoms with Crippen molar-refractivity contribution in [2.75, 3.05) is 6.54 Å². The van der Waals surface area contributed by atoms with Crippen molar-refractivity contribution in [1.82, 2.24) is 10.2 Å². The molecule has 1 unspecified atom stereocenters. The molecule has 1 atom stereocenters. The van der Waals surface area contributed by atoms with Crippen LogP contribution in [0.5, 0.6) is 0 Å². The van der Waals surface area contributed by atoms with E-state index < -0.39 is 0 Å². The number of rotatable bonds is 2. The predicted octanol–water partition coefficient (Wildman–Crippen LogP) is 1.45. The van der Waals surface area contributed by atoms with Crippen LogP contribution in [-0.4, -0.2) is 35.3 Å². The van der Waals surface area contributed by atoms with Crippen molar-refractivity contribution in [3.63, 3.8) is 0 Å². The number of piperazine rings is 1. The summed E-state index contributed by atoms with van der Waals surface area (Å²) in [6.07, 6.45) is 9.34. The molecule has 0 radical (unpaired) electrons. The Morgan fingerprint density at radius 1 is 0.944 bits per heavy atom. The molecular formula is C14H22N2O2. The van der Waals surface area contributed by atoms with Crippen molar-refractivity contribution in [1.29, 1.82) is 0 Å². The number of carbonyl (C=O) groups excluding carboxylic acids is 2. The third-order valence-corrected chi connectivity index (χ3v) is 4.56. The molecule has 2 aliphatic carbocycles. The monoisotopic (exact) mass is 250 g/mol. The van der Waals surface area contributed by atoms with Crippen LogP contribution in [0.1, 0.15) is 51.4 Å². The third-order valence-electron chi connectivity index (χ3n) is 4.56. The largest absolute Gasteiger partial charge is 0.345 e. The molecule has 1 heterocycles. The summed E-state index contributed by atoms with van der Waals surface area (Å²) in [7, 11) is 0. The molecule has 3 aliphatic rings. The van der Waals surface area contributed by atoms with E-state index in [0.717, 1.165) is 25.7 Å². The molecule has 2 amide bonds. The summed E-state index contributed by atoms with van der Waals surface area (Å²) >= 11 is 0. The molecule has 1 aliphatic heterocycles. The molecule has 0 aromatic rings. The Balaban J connectivity index is 1.79. The first kappa shape index (κ1) is 12.0. The molecular weight excluding hydrogens is 228 g/mol. The molecule has 0 bridgehead atoms. The fourth-order valence-electron chi connectivity index (χ4n) is 3.46. The van der Waals surface area contributed by atoms with Gasteiger partial charge in [-0.25, -0.2) is 0 Å². The minimum absolute atomic E-state index is 0.0846. The Kier molecular flexibility index (Phi) is 3.27. The van der Waals surface area contributed by atoms with Crippen molar-refractivity contribution in [3.8, 4) is 0 Å². The number of nitrogens with zero attached hydrogens (tertiary/aromatic N) is 1. The highest BCUT2D eigenvalue weighted by molar-refractivity contribution is 5.95. The topological polar surface area (TPSA) is 49.4 Å². The zero-order chi connectivity index (χ0) is 12.5. The SMILES string of the molecule is O=C1NCC(=O)N(C2CCCCCC2)C1C1CC1. The summed E-state index contributed by atoms with van der Waals surface area (Å²) < 4.78 is 0. The van der Waals surface area contributed by atoms with Gasteiger partial charge in [-0.2, -0.15) is 0 Å². The van der Waals surface area contributed by atoms with Gasteiger partial charge in [0.15, 0.2) is 0 Å². The lowest BCUT2D eigenvalue weighted by Crippen LogP contribution is -2.62. The molecule has 3 fully saturated rings. The second-order valence-corrected chi connectivity index (χ2v) is 5.95. The van der Waals surface area contributed by atoms with Crippen molar-refractivity contribution < 1.29 is 9.59 Å². The number of hydrogen-bond acceptors (Lipinski definition) is 2. The standard InChI is InChI=1S/C14H22N2O2/c17-12-9-15-14(18)13(10-7-8-10)16(12)11-5-3-1-2-4-6-11/h10-11,13H,1-9H2,(H,15,18). The van der Waals surface area contributed by atoms with E-state index in [9.17, 15) is 9.59 Å². The molecule has 1 saturated heterocycles. The van der Waals surface area contributed by atoms with Crippen molar-refractivity contribution in [3.05, 3.63) is 0 Å². The molecule has 4 heteroatoms. The van der Waals surface area contributed by atoms with E-state index in [2.05, 4.69) is 5.32 Å². The number of amides is 2. The second-order valence-electron chi connectivity index (χ2n) is 5.95. The predicted molar refractivity (Wildman–Crippen MR) is 67.9 cm³/mol. The normalized spacial score (nSPS) is 31.1. The van der Waals surface area contributed by atoms with Gasteiger partial charge in [0.25, 0.3) is 0 Å². The van der Waals surface area contributed by atoms with Gasteiger partial charge in [-0.05, 0) is 31.6 Å². The van der Waals surface area contributed by atoms with Crippen molar-refractivity contribution in [2.45, 2.75) is 63.5 Å². The van der Waals surface area contributed by atoms with Gasteiger partial charge in [-0.1, -0.05) is 25.7 Å². The first-order valence-electron chi connectivity index (χ1n) is 7.36. The van der Waals surface area contributed by atoms with Crippen LogP contribution >= 0.6 is 0 Å². The van der Waals surface area contributed by atoms with Crippen LogP contribution in [0.15, 0.2) is 0 Å². The molecule has 4 nitrogen and oxygen atoms in total. The fourth-order valence-corrected chi connectivity index (χ4v) is 3.46. The number of hydrogen-bond donors (Lipinski definition) is 1. The van der Waals surface area contributed by atoms with Gasteiger partial charge in [0.2, 0.25) is 11.8 Å². The minimum Gasteiger partial charge on any atom is -0.345 e. The van der Waals surface area contributed by atoms with Crippen LogP contribution in [0, 0.1) is 5.92 Å². The summed E-state index contributed by atoms with van der Waals surface area (Å²) in [5, 5.41) is 2.76.